The Morgan fingerprint density at radius 1 is 1.08 bits per heavy atom. The topological polar surface area (TPSA) is 66.5 Å². The van der Waals surface area contributed by atoms with E-state index in [1.807, 2.05) is 0 Å². The molecule has 132 valence electrons. The summed E-state index contributed by atoms with van der Waals surface area (Å²) < 4.78 is 39.0. The standard InChI is InChI=1S/C17H17FN2O3S2/c18-14-7-5-13(6-8-14)17(21)19-15-3-1-2-4-16(15)25(23)20-9-11-24(22)12-10-20/h1-8H,9-12H2,(H,19,21). The molecule has 0 bridgehead atoms. The second-order valence-electron chi connectivity index (χ2n) is 5.48. The molecule has 1 heterocycles. The lowest BCUT2D eigenvalue weighted by Crippen LogP contribution is -2.39. The van der Waals surface area contributed by atoms with Gasteiger partial charge in [0.15, 0.2) is 0 Å². The predicted molar refractivity (Wildman–Crippen MR) is 96.7 cm³/mol. The fourth-order valence-electron chi connectivity index (χ4n) is 2.44. The predicted octanol–water partition coefficient (Wildman–Crippen LogP) is 2.16. The van der Waals surface area contributed by atoms with Crippen molar-refractivity contribution in [2.75, 3.05) is 29.9 Å². The highest BCUT2D eigenvalue weighted by atomic mass is 32.2. The zero-order chi connectivity index (χ0) is 17.8. The summed E-state index contributed by atoms with van der Waals surface area (Å²) in [6, 6.07) is 12.1. The van der Waals surface area contributed by atoms with E-state index < -0.39 is 33.5 Å². The van der Waals surface area contributed by atoms with Crippen LogP contribution in [-0.2, 0) is 21.8 Å². The van der Waals surface area contributed by atoms with Gasteiger partial charge < -0.3 is 5.32 Å². The van der Waals surface area contributed by atoms with Gasteiger partial charge in [0.2, 0.25) is 0 Å². The van der Waals surface area contributed by atoms with E-state index in [-0.39, 0.29) is 0 Å². The van der Waals surface area contributed by atoms with Crippen LogP contribution in [-0.4, -0.2) is 43.2 Å². The summed E-state index contributed by atoms with van der Waals surface area (Å²) in [5, 5.41) is 2.73. The van der Waals surface area contributed by atoms with Crippen molar-refractivity contribution in [3.63, 3.8) is 0 Å². The monoisotopic (exact) mass is 380 g/mol. The van der Waals surface area contributed by atoms with Gasteiger partial charge in [-0.05, 0) is 36.4 Å². The summed E-state index contributed by atoms with van der Waals surface area (Å²) in [6.07, 6.45) is 0. The third-order valence-corrected chi connectivity index (χ3v) is 6.64. The Morgan fingerprint density at radius 3 is 2.40 bits per heavy atom. The Labute approximate surface area is 150 Å². The second-order valence-corrected chi connectivity index (χ2v) is 8.63. The first-order chi connectivity index (χ1) is 12.0. The summed E-state index contributed by atoms with van der Waals surface area (Å²) in [5.74, 6) is 0.177. The smallest absolute Gasteiger partial charge is 0.255 e. The molecule has 1 atom stereocenters. The summed E-state index contributed by atoms with van der Waals surface area (Å²) in [5.41, 5.74) is 0.761. The lowest BCUT2D eigenvalue weighted by atomic mass is 10.2. The minimum absolute atomic E-state index is 0.315. The van der Waals surface area contributed by atoms with Crippen molar-refractivity contribution >= 4 is 33.4 Å². The molecule has 0 aromatic heterocycles. The molecule has 0 spiro atoms. The van der Waals surface area contributed by atoms with E-state index in [4.69, 9.17) is 0 Å². The molecule has 1 fully saturated rings. The van der Waals surface area contributed by atoms with Gasteiger partial charge in [-0.15, -0.1) is 0 Å². The zero-order valence-corrected chi connectivity index (χ0v) is 14.9. The number of benzene rings is 2. The van der Waals surface area contributed by atoms with Crippen LogP contribution in [0.5, 0.6) is 0 Å². The number of carbonyl (C=O) groups is 1. The first kappa shape index (κ1) is 17.9. The van der Waals surface area contributed by atoms with Gasteiger partial charge in [-0.25, -0.2) is 12.9 Å². The van der Waals surface area contributed by atoms with E-state index in [1.165, 1.54) is 24.3 Å². The third-order valence-electron chi connectivity index (χ3n) is 3.80. The van der Waals surface area contributed by atoms with Gasteiger partial charge in [0.05, 0.1) is 10.6 Å². The van der Waals surface area contributed by atoms with Crippen molar-refractivity contribution in [1.82, 2.24) is 4.31 Å². The maximum absolute atomic E-state index is 13.0. The minimum Gasteiger partial charge on any atom is -0.321 e. The van der Waals surface area contributed by atoms with Crippen molar-refractivity contribution in [3.8, 4) is 0 Å². The quantitative estimate of drug-likeness (QED) is 0.884. The number of rotatable bonds is 4. The Kier molecular flexibility index (Phi) is 5.72. The summed E-state index contributed by atoms with van der Waals surface area (Å²) >= 11 is 0. The first-order valence-corrected chi connectivity index (χ1v) is 10.3. The Hall–Kier alpha value is -1.90. The number of nitrogens with zero attached hydrogens (tertiary/aromatic N) is 1. The van der Waals surface area contributed by atoms with Crippen molar-refractivity contribution in [2.24, 2.45) is 0 Å². The maximum Gasteiger partial charge on any atom is 0.255 e. The number of amides is 1. The highest BCUT2D eigenvalue weighted by molar-refractivity contribution is 7.85. The SMILES string of the molecule is O=C(Nc1ccccc1S(=O)N1CCS(=O)CC1)c1ccc(F)cc1. The van der Waals surface area contributed by atoms with Crippen molar-refractivity contribution < 1.29 is 17.6 Å². The molecule has 1 aliphatic heterocycles. The molecule has 1 unspecified atom stereocenters. The van der Waals surface area contributed by atoms with Crippen LogP contribution in [0.1, 0.15) is 10.4 Å². The van der Waals surface area contributed by atoms with Gasteiger partial charge in [0.1, 0.15) is 16.8 Å². The maximum atomic E-state index is 13.0. The number of carbonyl (C=O) groups excluding carboxylic acids is 1. The second kappa shape index (κ2) is 7.99. The fourth-order valence-corrected chi connectivity index (χ4v) is 5.02. The Bertz CT molecular complexity index is 817. The molecule has 5 nitrogen and oxygen atoms in total. The van der Waals surface area contributed by atoms with Gasteiger partial charge in [0.25, 0.3) is 5.91 Å². The number of nitrogens with one attached hydrogen (secondary N) is 1. The molecule has 2 aromatic rings. The van der Waals surface area contributed by atoms with E-state index in [1.54, 1.807) is 28.6 Å². The number of para-hydroxylation sites is 1. The van der Waals surface area contributed by atoms with E-state index in [9.17, 15) is 17.6 Å². The van der Waals surface area contributed by atoms with E-state index in [0.29, 0.717) is 40.7 Å². The van der Waals surface area contributed by atoms with Crippen LogP contribution in [0, 0.1) is 5.82 Å². The summed E-state index contributed by atoms with van der Waals surface area (Å²) in [7, 11) is -2.30. The lowest BCUT2D eigenvalue weighted by molar-refractivity contribution is 0.102. The van der Waals surface area contributed by atoms with E-state index in [2.05, 4.69) is 5.32 Å². The molecule has 1 amide bonds. The molecule has 2 aromatic carbocycles. The van der Waals surface area contributed by atoms with Gasteiger partial charge in [-0.3, -0.25) is 9.00 Å². The van der Waals surface area contributed by atoms with Crippen molar-refractivity contribution in [3.05, 3.63) is 59.9 Å². The Morgan fingerprint density at radius 2 is 1.72 bits per heavy atom. The van der Waals surface area contributed by atoms with Gasteiger partial charge in [0, 0.05) is 41.0 Å². The average molecular weight is 380 g/mol. The van der Waals surface area contributed by atoms with E-state index >= 15 is 0 Å². The third kappa shape index (κ3) is 4.39. The van der Waals surface area contributed by atoms with Crippen LogP contribution in [0.4, 0.5) is 10.1 Å². The van der Waals surface area contributed by atoms with Crippen molar-refractivity contribution in [2.45, 2.75) is 4.90 Å². The number of hydrogen-bond donors (Lipinski definition) is 1. The zero-order valence-electron chi connectivity index (χ0n) is 13.3. The van der Waals surface area contributed by atoms with Crippen LogP contribution in [0.3, 0.4) is 0 Å². The number of halogens is 1. The number of hydrogen-bond acceptors (Lipinski definition) is 3. The summed E-state index contributed by atoms with van der Waals surface area (Å²) in [4.78, 5) is 12.8. The highest BCUT2D eigenvalue weighted by Gasteiger charge is 2.23. The first-order valence-electron chi connectivity index (χ1n) is 7.72. The molecular weight excluding hydrogens is 363 g/mol. The van der Waals surface area contributed by atoms with Crippen LogP contribution in [0.25, 0.3) is 0 Å². The normalized spacial score (nSPS) is 17.2. The number of anilines is 1. The molecule has 1 N–H and O–H groups in total. The van der Waals surface area contributed by atoms with Gasteiger partial charge in [-0.2, -0.15) is 0 Å². The Balaban J connectivity index is 1.78. The largest absolute Gasteiger partial charge is 0.321 e. The average Bonchev–Trinajstić information content (AvgIpc) is 2.63. The van der Waals surface area contributed by atoms with E-state index in [0.717, 1.165) is 0 Å². The lowest BCUT2D eigenvalue weighted by Gasteiger charge is -2.25. The molecule has 3 rings (SSSR count). The van der Waals surface area contributed by atoms with Gasteiger partial charge >= 0.3 is 0 Å². The molecular formula is C17H17FN2O3S2. The molecule has 1 saturated heterocycles. The molecule has 0 saturated carbocycles. The van der Waals surface area contributed by atoms with Crippen LogP contribution >= 0.6 is 0 Å². The molecule has 0 aliphatic carbocycles. The van der Waals surface area contributed by atoms with Crippen molar-refractivity contribution in [1.29, 1.82) is 0 Å². The summed E-state index contributed by atoms with van der Waals surface area (Å²) in [6.45, 7) is 0.971. The molecule has 8 heteroatoms. The molecule has 1 aliphatic rings. The molecule has 0 radical (unpaired) electrons. The van der Waals surface area contributed by atoms with Crippen LogP contribution in [0.15, 0.2) is 53.4 Å². The minimum atomic E-state index is -1.45. The van der Waals surface area contributed by atoms with Gasteiger partial charge in [-0.1, -0.05) is 12.1 Å². The van der Waals surface area contributed by atoms with Crippen LogP contribution in [0.2, 0.25) is 0 Å². The fraction of sp³-hybridized carbons (Fsp3) is 0.235. The highest BCUT2D eigenvalue weighted by Crippen LogP contribution is 2.23. The van der Waals surface area contributed by atoms with Crippen LogP contribution < -0.4 is 5.32 Å². The molecule has 25 heavy (non-hydrogen) atoms.